The summed E-state index contributed by atoms with van der Waals surface area (Å²) in [6.45, 7) is 6.03. The molecule has 0 saturated carbocycles. The van der Waals surface area contributed by atoms with Gasteiger partial charge in [0.05, 0.1) is 46.6 Å². The standard InChI is InChI=1S/C32H42N4O8/c1-21(33-28(37)19-36-12-14-43-15-13-36)30(39)35-26(17-23-10-11-24(41-3)18-27(23)42-4)31(40)34-25(29(38)32(2)20-44-32)16-22-8-6-5-7-9-22/h5-11,18,21,25-26H,12-17,19-20H2,1-4H3,(H,33,37)(H,34,40)(H,35,39). The monoisotopic (exact) mass is 610 g/mol. The Labute approximate surface area is 257 Å². The van der Waals surface area contributed by atoms with Crippen LogP contribution in [0.4, 0.5) is 0 Å². The fourth-order valence-electron chi connectivity index (χ4n) is 5.01. The maximum atomic E-state index is 13.9. The number of nitrogens with one attached hydrogen (secondary N) is 3. The van der Waals surface area contributed by atoms with E-state index in [2.05, 4.69) is 16.0 Å². The first-order valence-corrected chi connectivity index (χ1v) is 14.7. The number of benzene rings is 2. The van der Waals surface area contributed by atoms with Crippen LogP contribution < -0.4 is 25.4 Å². The molecular weight excluding hydrogens is 568 g/mol. The Morgan fingerprint density at radius 2 is 1.59 bits per heavy atom. The number of rotatable bonds is 15. The number of morpholine rings is 1. The Morgan fingerprint density at radius 1 is 0.909 bits per heavy atom. The average Bonchev–Trinajstić information content (AvgIpc) is 3.79. The van der Waals surface area contributed by atoms with Crippen LogP contribution in [0, 0.1) is 0 Å². The van der Waals surface area contributed by atoms with Gasteiger partial charge in [-0.25, -0.2) is 0 Å². The van der Waals surface area contributed by atoms with Crippen molar-refractivity contribution in [2.24, 2.45) is 0 Å². The van der Waals surface area contributed by atoms with Crippen LogP contribution >= 0.6 is 0 Å². The number of carbonyl (C=O) groups excluding carboxylic acids is 4. The zero-order chi connectivity index (χ0) is 31.7. The van der Waals surface area contributed by atoms with E-state index < -0.39 is 35.5 Å². The molecule has 2 aliphatic heterocycles. The smallest absolute Gasteiger partial charge is 0.243 e. The van der Waals surface area contributed by atoms with Crippen molar-refractivity contribution in [3.05, 3.63) is 59.7 Å². The molecule has 4 atom stereocenters. The Kier molecular flexibility index (Phi) is 11.3. The van der Waals surface area contributed by atoms with Crippen LogP contribution in [0.5, 0.6) is 11.5 Å². The number of nitrogens with zero attached hydrogens (tertiary/aromatic N) is 1. The number of methoxy groups -OCH3 is 2. The van der Waals surface area contributed by atoms with Crippen LogP contribution in [0.15, 0.2) is 48.5 Å². The molecule has 2 aromatic carbocycles. The van der Waals surface area contributed by atoms with E-state index in [4.69, 9.17) is 18.9 Å². The second-order valence-corrected chi connectivity index (χ2v) is 11.3. The number of hydrogen-bond donors (Lipinski definition) is 3. The summed E-state index contributed by atoms with van der Waals surface area (Å²) in [5.74, 6) is -0.611. The van der Waals surface area contributed by atoms with E-state index in [1.54, 1.807) is 32.0 Å². The van der Waals surface area contributed by atoms with E-state index >= 15 is 0 Å². The first kappa shape index (κ1) is 32.9. The summed E-state index contributed by atoms with van der Waals surface area (Å²) in [7, 11) is 3.04. The van der Waals surface area contributed by atoms with E-state index in [0.717, 1.165) is 5.56 Å². The van der Waals surface area contributed by atoms with Gasteiger partial charge in [-0.3, -0.25) is 24.1 Å². The van der Waals surface area contributed by atoms with Crippen molar-refractivity contribution in [1.29, 1.82) is 0 Å². The minimum absolute atomic E-state index is 0.0548. The lowest BCUT2D eigenvalue weighted by Crippen LogP contribution is -2.57. The van der Waals surface area contributed by atoms with Crippen molar-refractivity contribution >= 4 is 23.5 Å². The summed E-state index contributed by atoms with van der Waals surface area (Å²) < 4.78 is 21.6. The highest BCUT2D eigenvalue weighted by molar-refractivity contribution is 5.98. The van der Waals surface area contributed by atoms with E-state index in [1.807, 2.05) is 35.2 Å². The molecule has 12 heteroatoms. The zero-order valence-electron chi connectivity index (χ0n) is 25.7. The van der Waals surface area contributed by atoms with E-state index in [9.17, 15) is 19.2 Å². The minimum Gasteiger partial charge on any atom is -0.497 e. The number of amides is 3. The summed E-state index contributed by atoms with van der Waals surface area (Å²) in [6.07, 6.45) is 0.310. The summed E-state index contributed by atoms with van der Waals surface area (Å²) in [6, 6.07) is 11.6. The fraction of sp³-hybridized carbons (Fsp3) is 0.500. The number of ether oxygens (including phenoxy) is 4. The number of hydrogen-bond acceptors (Lipinski definition) is 9. The molecule has 0 aliphatic carbocycles. The normalized spacial score (nSPS) is 20.0. The molecule has 3 N–H and O–H groups in total. The van der Waals surface area contributed by atoms with Crippen molar-refractivity contribution < 1.29 is 38.1 Å². The molecule has 0 aromatic heterocycles. The largest absolute Gasteiger partial charge is 0.497 e. The van der Waals surface area contributed by atoms with Crippen molar-refractivity contribution in [3.8, 4) is 11.5 Å². The van der Waals surface area contributed by atoms with Gasteiger partial charge in [-0.05, 0) is 37.5 Å². The molecule has 2 aliphatic rings. The Hall–Kier alpha value is -4.00. The maximum absolute atomic E-state index is 13.9. The van der Waals surface area contributed by atoms with Crippen LogP contribution in [0.1, 0.15) is 25.0 Å². The lowest BCUT2D eigenvalue weighted by Gasteiger charge is -2.27. The van der Waals surface area contributed by atoms with Gasteiger partial charge in [-0.15, -0.1) is 0 Å². The highest BCUT2D eigenvalue weighted by Crippen LogP contribution is 2.29. The van der Waals surface area contributed by atoms with Gasteiger partial charge in [0.15, 0.2) is 5.78 Å². The average molecular weight is 611 g/mol. The molecule has 4 unspecified atom stereocenters. The molecule has 0 spiro atoms. The van der Waals surface area contributed by atoms with Crippen molar-refractivity contribution in [2.45, 2.75) is 50.4 Å². The second-order valence-electron chi connectivity index (χ2n) is 11.3. The third kappa shape index (κ3) is 9.01. The van der Waals surface area contributed by atoms with Crippen molar-refractivity contribution in [1.82, 2.24) is 20.9 Å². The summed E-state index contributed by atoms with van der Waals surface area (Å²) in [4.78, 5) is 55.2. The third-order valence-electron chi connectivity index (χ3n) is 7.81. The summed E-state index contributed by atoms with van der Waals surface area (Å²) >= 11 is 0. The fourth-order valence-corrected chi connectivity index (χ4v) is 5.01. The van der Waals surface area contributed by atoms with E-state index in [1.165, 1.54) is 14.2 Å². The molecule has 2 fully saturated rings. The zero-order valence-corrected chi connectivity index (χ0v) is 25.7. The van der Waals surface area contributed by atoms with Gasteiger partial charge in [0.2, 0.25) is 17.7 Å². The Bertz CT molecular complexity index is 1310. The Balaban J connectivity index is 1.51. The molecule has 4 rings (SSSR count). The highest BCUT2D eigenvalue weighted by atomic mass is 16.6. The lowest BCUT2D eigenvalue weighted by molar-refractivity contribution is -0.134. The third-order valence-corrected chi connectivity index (χ3v) is 7.81. The topological polar surface area (TPSA) is 148 Å². The summed E-state index contributed by atoms with van der Waals surface area (Å²) in [5.41, 5.74) is 0.537. The first-order valence-electron chi connectivity index (χ1n) is 14.7. The van der Waals surface area contributed by atoms with E-state index in [0.29, 0.717) is 43.4 Å². The minimum atomic E-state index is -1.10. The van der Waals surface area contributed by atoms with Gasteiger partial charge in [0.1, 0.15) is 29.2 Å². The van der Waals surface area contributed by atoms with Crippen LogP contribution in [0.25, 0.3) is 0 Å². The number of carbonyl (C=O) groups is 4. The molecule has 0 bridgehead atoms. The van der Waals surface area contributed by atoms with Gasteiger partial charge < -0.3 is 34.9 Å². The molecule has 2 aromatic rings. The molecule has 0 radical (unpaired) electrons. The van der Waals surface area contributed by atoms with Crippen molar-refractivity contribution in [3.63, 3.8) is 0 Å². The quantitative estimate of drug-likeness (QED) is 0.247. The SMILES string of the molecule is COc1ccc(CC(NC(=O)C(C)NC(=O)CN2CCOCC2)C(=O)NC(Cc2ccccc2)C(=O)C2(C)CO2)c(OC)c1. The molecule has 12 nitrogen and oxygen atoms in total. The van der Waals surface area contributed by atoms with Gasteiger partial charge in [-0.2, -0.15) is 0 Å². The molecular formula is C32H42N4O8. The van der Waals surface area contributed by atoms with Gasteiger partial charge >= 0.3 is 0 Å². The molecule has 2 heterocycles. The predicted molar refractivity (Wildman–Crippen MR) is 161 cm³/mol. The molecule has 2 saturated heterocycles. The van der Waals surface area contributed by atoms with Gasteiger partial charge in [-0.1, -0.05) is 36.4 Å². The highest BCUT2D eigenvalue weighted by Gasteiger charge is 2.50. The van der Waals surface area contributed by atoms with Crippen LogP contribution in [0.3, 0.4) is 0 Å². The number of ketones is 1. The van der Waals surface area contributed by atoms with Crippen molar-refractivity contribution in [2.75, 3.05) is 53.7 Å². The predicted octanol–water partition coefficient (Wildman–Crippen LogP) is 0.654. The summed E-state index contributed by atoms with van der Waals surface area (Å²) in [5, 5.41) is 8.38. The van der Waals surface area contributed by atoms with Crippen LogP contribution in [-0.2, 0) is 41.5 Å². The maximum Gasteiger partial charge on any atom is 0.243 e. The second kappa shape index (κ2) is 15.1. The van der Waals surface area contributed by atoms with Gasteiger partial charge in [0, 0.05) is 25.6 Å². The number of epoxide rings is 1. The lowest BCUT2D eigenvalue weighted by atomic mass is 9.94. The van der Waals surface area contributed by atoms with Crippen LogP contribution in [0.2, 0.25) is 0 Å². The molecule has 238 valence electrons. The Morgan fingerprint density at radius 3 is 2.23 bits per heavy atom. The van der Waals surface area contributed by atoms with E-state index in [-0.39, 0.29) is 37.7 Å². The molecule has 3 amide bonds. The number of Topliss-reactive ketones (excluding diaryl/α,β-unsaturated/α-hetero) is 1. The van der Waals surface area contributed by atoms with Crippen LogP contribution in [-0.4, -0.2) is 106 Å². The van der Waals surface area contributed by atoms with Gasteiger partial charge in [0.25, 0.3) is 0 Å². The first-order chi connectivity index (χ1) is 21.1. The molecule has 44 heavy (non-hydrogen) atoms.